The van der Waals surface area contributed by atoms with Crippen LogP contribution in [0.3, 0.4) is 0 Å². The fourth-order valence-corrected chi connectivity index (χ4v) is 7.51. The average molecular weight is 693 g/mol. The van der Waals surface area contributed by atoms with Crippen LogP contribution < -0.4 is 32.7 Å². The van der Waals surface area contributed by atoms with Gasteiger partial charge >= 0.3 is 0 Å². The van der Waals surface area contributed by atoms with Crippen molar-refractivity contribution in [3.05, 3.63) is 0 Å². The highest BCUT2D eigenvalue weighted by Crippen LogP contribution is 2.29. The fraction of sp³-hybridized carbons (Fsp3) is 0.857. The maximum atomic E-state index is 14.2. The number of ether oxygens (including phenoxy) is 1. The molecule has 0 aromatic heterocycles. The molecule has 3 aliphatic rings. The van der Waals surface area contributed by atoms with E-state index in [4.69, 9.17) is 16.2 Å². The first-order valence-electron chi connectivity index (χ1n) is 18.7. The zero-order valence-corrected chi connectivity index (χ0v) is 30.3. The molecule has 0 aromatic rings. The second-order valence-corrected chi connectivity index (χ2v) is 14.3. The van der Waals surface area contributed by atoms with Gasteiger partial charge in [0.25, 0.3) is 0 Å². The summed E-state index contributed by atoms with van der Waals surface area (Å²) in [6, 6.07) is -4.69. The zero-order valence-electron chi connectivity index (χ0n) is 30.3. The zero-order chi connectivity index (χ0) is 35.9. The van der Waals surface area contributed by atoms with Gasteiger partial charge in [-0.2, -0.15) is 0 Å². The van der Waals surface area contributed by atoms with Crippen LogP contribution in [0.1, 0.15) is 97.8 Å². The minimum atomic E-state index is -1.15. The summed E-state index contributed by atoms with van der Waals surface area (Å²) in [5.41, 5.74) is 11.6. The van der Waals surface area contributed by atoms with E-state index in [-0.39, 0.29) is 43.5 Å². The van der Waals surface area contributed by atoms with Crippen molar-refractivity contribution in [1.29, 1.82) is 0 Å². The first kappa shape index (κ1) is 40.6. The monoisotopic (exact) mass is 692 g/mol. The molecule has 49 heavy (non-hydrogen) atoms. The van der Waals surface area contributed by atoms with E-state index in [0.717, 1.165) is 57.8 Å². The number of likely N-dealkylation sites (N-methyl/N-ethyl adjacent to an activating group) is 1. The van der Waals surface area contributed by atoms with Crippen LogP contribution in [0.15, 0.2) is 0 Å². The number of nitrogens with one attached hydrogen (secondary N) is 4. The van der Waals surface area contributed by atoms with E-state index in [2.05, 4.69) is 26.2 Å². The normalized spacial score (nSPS) is 29.9. The number of nitrogens with zero attached hydrogens (tertiary/aromatic N) is 2. The Morgan fingerprint density at radius 1 is 0.816 bits per heavy atom. The topological polar surface area (TPSA) is 201 Å². The van der Waals surface area contributed by atoms with E-state index in [1.807, 2.05) is 20.8 Å². The quantitative estimate of drug-likeness (QED) is 0.166. The molecule has 1 saturated heterocycles. The summed E-state index contributed by atoms with van der Waals surface area (Å²) in [5, 5.41) is 11.5. The van der Waals surface area contributed by atoms with Crippen LogP contribution in [0.5, 0.6) is 0 Å². The third-order valence-electron chi connectivity index (χ3n) is 10.6. The summed E-state index contributed by atoms with van der Waals surface area (Å²) < 4.78 is 5.69. The van der Waals surface area contributed by atoms with Gasteiger partial charge in [0, 0.05) is 39.3 Å². The third kappa shape index (κ3) is 11.9. The van der Waals surface area contributed by atoms with E-state index in [0.29, 0.717) is 44.9 Å². The Morgan fingerprint density at radius 2 is 1.47 bits per heavy atom. The SMILES string of the molecule is CCCC1C(=O)NC(C2CCCCC2)C(=O)NC(CN)C(=O)NC(COCCCN)C(=O)NCC(C)N(CC2CCCC2)C(C)C(=O)N1C. The van der Waals surface area contributed by atoms with Gasteiger partial charge in [0.1, 0.15) is 24.2 Å². The maximum Gasteiger partial charge on any atom is 0.245 e. The second kappa shape index (κ2) is 20.8. The van der Waals surface area contributed by atoms with Crippen molar-refractivity contribution in [1.82, 2.24) is 31.1 Å². The highest BCUT2D eigenvalue weighted by molar-refractivity contribution is 5.96. The van der Waals surface area contributed by atoms with Crippen LogP contribution in [0.4, 0.5) is 0 Å². The Hall–Kier alpha value is -2.81. The van der Waals surface area contributed by atoms with E-state index in [1.54, 1.807) is 7.05 Å². The molecule has 2 saturated carbocycles. The van der Waals surface area contributed by atoms with Crippen LogP contribution in [-0.4, -0.2) is 122 Å². The molecule has 8 N–H and O–H groups in total. The second-order valence-electron chi connectivity index (χ2n) is 14.3. The molecule has 5 amide bonds. The highest BCUT2D eigenvalue weighted by Gasteiger charge is 2.39. The van der Waals surface area contributed by atoms with E-state index < -0.39 is 47.9 Å². The molecule has 1 heterocycles. The first-order chi connectivity index (χ1) is 23.5. The fourth-order valence-electron chi connectivity index (χ4n) is 7.51. The largest absolute Gasteiger partial charge is 0.379 e. The molecule has 3 fully saturated rings. The van der Waals surface area contributed by atoms with Gasteiger partial charge in [-0.3, -0.25) is 28.9 Å². The molecule has 0 aromatic carbocycles. The van der Waals surface area contributed by atoms with E-state index in [9.17, 15) is 24.0 Å². The van der Waals surface area contributed by atoms with Crippen LogP contribution in [-0.2, 0) is 28.7 Å². The standard InChI is InChI=1S/C35H64N8O6/c1-5-12-29-33(46)41-30(26-15-7-6-8-16-26)34(47)39-27(19-37)32(45)40-28(22-49-18-11-17-36)31(44)38-20-23(2)43(21-25-13-9-10-14-25)24(3)35(48)42(29)4/h23-30H,5-22,36-37H2,1-4H3,(H,38,44)(H,39,47)(H,40,45)(H,41,46). The predicted molar refractivity (Wildman–Crippen MR) is 188 cm³/mol. The van der Waals surface area contributed by atoms with Gasteiger partial charge in [-0.15, -0.1) is 0 Å². The van der Waals surface area contributed by atoms with Gasteiger partial charge in [-0.1, -0.05) is 45.4 Å². The summed E-state index contributed by atoms with van der Waals surface area (Å²) in [7, 11) is 1.66. The van der Waals surface area contributed by atoms with Gasteiger partial charge in [0.15, 0.2) is 0 Å². The van der Waals surface area contributed by atoms with Gasteiger partial charge in [0.2, 0.25) is 29.5 Å². The lowest BCUT2D eigenvalue weighted by Gasteiger charge is -2.39. The number of hydrogen-bond donors (Lipinski definition) is 6. The molecule has 14 nitrogen and oxygen atoms in total. The Labute approximate surface area is 292 Å². The summed E-state index contributed by atoms with van der Waals surface area (Å²) >= 11 is 0. The van der Waals surface area contributed by atoms with Gasteiger partial charge in [-0.25, -0.2) is 0 Å². The molecule has 2 aliphatic carbocycles. The van der Waals surface area contributed by atoms with Crippen molar-refractivity contribution in [2.45, 2.75) is 134 Å². The molecular weight excluding hydrogens is 628 g/mol. The molecule has 280 valence electrons. The van der Waals surface area contributed by atoms with Gasteiger partial charge in [-0.05, 0) is 70.8 Å². The average Bonchev–Trinajstić information content (AvgIpc) is 3.63. The number of carbonyl (C=O) groups excluding carboxylic acids is 5. The van der Waals surface area contributed by atoms with Gasteiger partial charge < -0.3 is 42.4 Å². The minimum Gasteiger partial charge on any atom is -0.379 e. The van der Waals surface area contributed by atoms with Crippen molar-refractivity contribution in [2.75, 3.05) is 46.4 Å². The van der Waals surface area contributed by atoms with Crippen molar-refractivity contribution in [3.63, 3.8) is 0 Å². The van der Waals surface area contributed by atoms with Crippen molar-refractivity contribution in [2.24, 2.45) is 23.3 Å². The Bertz CT molecular complexity index is 1080. The van der Waals surface area contributed by atoms with Crippen LogP contribution >= 0.6 is 0 Å². The number of carbonyl (C=O) groups is 5. The summed E-state index contributed by atoms with van der Waals surface area (Å²) in [5.74, 6) is -1.85. The van der Waals surface area contributed by atoms with Crippen molar-refractivity contribution >= 4 is 29.5 Å². The Kier molecular flexibility index (Phi) is 17.2. The van der Waals surface area contributed by atoms with Crippen LogP contribution in [0.2, 0.25) is 0 Å². The molecule has 6 unspecified atom stereocenters. The molecule has 3 rings (SSSR count). The Balaban J connectivity index is 2.00. The van der Waals surface area contributed by atoms with Crippen molar-refractivity contribution in [3.8, 4) is 0 Å². The van der Waals surface area contributed by atoms with E-state index >= 15 is 0 Å². The first-order valence-corrected chi connectivity index (χ1v) is 18.7. The van der Waals surface area contributed by atoms with Crippen LogP contribution in [0.25, 0.3) is 0 Å². The predicted octanol–water partition coefficient (Wildman–Crippen LogP) is 0.371. The summed E-state index contributed by atoms with van der Waals surface area (Å²) in [4.78, 5) is 72.9. The smallest absolute Gasteiger partial charge is 0.245 e. The minimum absolute atomic E-state index is 0.0950. The lowest BCUT2D eigenvalue weighted by Crippen LogP contribution is -2.63. The lowest BCUT2D eigenvalue weighted by molar-refractivity contribution is -0.145. The number of hydrogen-bond acceptors (Lipinski definition) is 9. The van der Waals surface area contributed by atoms with Gasteiger partial charge in [0.05, 0.1) is 12.6 Å². The molecule has 0 bridgehead atoms. The molecule has 0 radical (unpaired) electrons. The summed E-state index contributed by atoms with van der Waals surface area (Å²) in [6.45, 7) is 7.14. The highest BCUT2D eigenvalue weighted by atomic mass is 16.5. The molecule has 0 spiro atoms. The van der Waals surface area contributed by atoms with Crippen molar-refractivity contribution < 1.29 is 28.7 Å². The van der Waals surface area contributed by atoms with Crippen LogP contribution in [0, 0.1) is 11.8 Å². The summed E-state index contributed by atoms with van der Waals surface area (Å²) in [6.07, 6.45) is 10.5. The molecule has 1 aliphatic heterocycles. The molecule has 14 heteroatoms. The third-order valence-corrected chi connectivity index (χ3v) is 10.6. The Morgan fingerprint density at radius 3 is 2.10 bits per heavy atom. The maximum absolute atomic E-state index is 14.2. The number of nitrogens with two attached hydrogens (primary N) is 2. The lowest BCUT2D eigenvalue weighted by atomic mass is 9.83. The molecular formula is C35H64N8O6. The number of rotatable bonds is 11. The molecule has 6 atom stereocenters. The van der Waals surface area contributed by atoms with E-state index in [1.165, 1.54) is 4.90 Å². The number of amides is 5.